The van der Waals surface area contributed by atoms with Crippen LogP contribution in [-0.4, -0.2) is 41.7 Å². The number of amides is 1. The number of rotatable bonds is 16. The summed E-state index contributed by atoms with van der Waals surface area (Å²) in [6.07, 6.45) is 1.26. The molecule has 3 aromatic carbocycles. The third kappa shape index (κ3) is 11.2. The van der Waals surface area contributed by atoms with Crippen LogP contribution in [0.1, 0.15) is 60.7 Å². The Bertz CT molecular complexity index is 1400. The van der Waals surface area contributed by atoms with E-state index in [0.29, 0.717) is 24.3 Å². The summed E-state index contributed by atoms with van der Waals surface area (Å²) in [5.74, 6) is 0.769. The number of alkyl carbamates (subject to hydrolysis) is 1. The van der Waals surface area contributed by atoms with Crippen LogP contribution in [0.25, 0.3) is 5.57 Å². The smallest absolute Gasteiger partial charge is 0.407 e. The topological polar surface area (TPSA) is 73.9 Å². The van der Waals surface area contributed by atoms with E-state index in [1.54, 1.807) is 0 Å². The van der Waals surface area contributed by atoms with Gasteiger partial charge in [-0.3, -0.25) is 4.79 Å². The van der Waals surface area contributed by atoms with Gasteiger partial charge in [-0.05, 0) is 113 Å². The summed E-state index contributed by atoms with van der Waals surface area (Å²) in [5, 5.41) is 3.00. The Hall–Kier alpha value is -3.47. The molecule has 236 valence electrons. The quantitative estimate of drug-likeness (QED) is 0.0969. The highest BCUT2D eigenvalue weighted by Gasteiger charge is 2.32. The Morgan fingerprint density at radius 1 is 0.773 bits per heavy atom. The van der Waals surface area contributed by atoms with Gasteiger partial charge in [-0.2, -0.15) is 0 Å². The Kier molecular flexibility index (Phi) is 12.3. The lowest BCUT2D eigenvalue weighted by Crippen LogP contribution is -2.44. The molecule has 0 heterocycles. The van der Waals surface area contributed by atoms with Gasteiger partial charge in [0.1, 0.15) is 5.75 Å². The highest BCUT2D eigenvalue weighted by Crippen LogP contribution is 2.26. The van der Waals surface area contributed by atoms with E-state index < -0.39 is 28.3 Å². The zero-order valence-corrected chi connectivity index (χ0v) is 29.5. The van der Waals surface area contributed by atoms with Crippen molar-refractivity contribution in [3.63, 3.8) is 0 Å². The summed E-state index contributed by atoms with van der Waals surface area (Å²) in [6, 6.07) is 26.6. The highest BCUT2D eigenvalue weighted by atomic mass is 28.4. The molecule has 6 nitrogen and oxygen atoms in total. The van der Waals surface area contributed by atoms with Crippen LogP contribution in [0.15, 0.2) is 85.4 Å². The molecule has 0 aliphatic carbocycles. The first-order valence-electron chi connectivity index (χ1n) is 15.4. The van der Waals surface area contributed by atoms with E-state index in [0.717, 1.165) is 47.4 Å². The molecule has 8 heteroatoms. The van der Waals surface area contributed by atoms with E-state index in [-0.39, 0.29) is 5.78 Å². The Labute approximate surface area is 266 Å². The highest BCUT2D eigenvalue weighted by molar-refractivity contribution is 6.84. The lowest BCUT2D eigenvalue weighted by atomic mass is 9.92. The third-order valence-corrected chi connectivity index (χ3v) is 15.1. The van der Waals surface area contributed by atoms with E-state index in [1.807, 2.05) is 93.6 Å². The summed E-state index contributed by atoms with van der Waals surface area (Å²) in [5.41, 5.74) is 3.81. The molecular formula is C36H49NO5Si2. The molecule has 0 aliphatic rings. The van der Waals surface area contributed by atoms with E-state index >= 15 is 0 Å². The number of ether oxygens (including phenoxy) is 2. The normalized spacial score (nSPS) is 12.0. The van der Waals surface area contributed by atoms with Gasteiger partial charge in [0, 0.05) is 11.1 Å². The van der Waals surface area contributed by atoms with Gasteiger partial charge >= 0.3 is 6.09 Å². The standard InChI is InChI=1S/C36H49NO5Si2/c1-28(2)31-17-12-18-32(27-31)36(3,4)37-35(39)41-24-14-26-44(7,8)42-43(5,6)25-13-23-40-33-21-19-30(20-22-33)34(38)29-15-10-9-11-16-29/h9-12,15-22,27H,1,13-14,23-26H2,2-8H3,(H,37,39). The van der Waals surface area contributed by atoms with Crippen LogP contribution in [0.5, 0.6) is 5.75 Å². The molecule has 0 bridgehead atoms. The Balaban J connectivity index is 1.35. The molecular weight excluding hydrogens is 583 g/mol. The molecule has 0 atom stereocenters. The first-order valence-corrected chi connectivity index (χ1v) is 21.6. The van der Waals surface area contributed by atoms with Crippen LogP contribution >= 0.6 is 0 Å². The van der Waals surface area contributed by atoms with Gasteiger partial charge in [0.2, 0.25) is 0 Å². The summed E-state index contributed by atoms with van der Waals surface area (Å²) >= 11 is 0. The number of allylic oxidation sites excluding steroid dienone is 1. The minimum Gasteiger partial charge on any atom is -0.494 e. The average Bonchev–Trinajstić information content (AvgIpc) is 2.97. The van der Waals surface area contributed by atoms with Crippen molar-refractivity contribution in [2.45, 2.75) is 77.4 Å². The molecule has 44 heavy (non-hydrogen) atoms. The van der Waals surface area contributed by atoms with Crippen molar-refractivity contribution < 1.29 is 23.2 Å². The molecule has 1 N–H and O–H groups in total. The lowest BCUT2D eigenvalue weighted by molar-refractivity contribution is 0.103. The molecule has 3 rings (SSSR count). The maximum absolute atomic E-state index is 12.6. The van der Waals surface area contributed by atoms with Crippen molar-refractivity contribution >= 4 is 34.1 Å². The van der Waals surface area contributed by atoms with Gasteiger partial charge in [-0.15, -0.1) is 0 Å². The summed E-state index contributed by atoms with van der Waals surface area (Å²) in [6.45, 7) is 19.9. The molecule has 0 saturated heterocycles. The van der Waals surface area contributed by atoms with Crippen molar-refractivity contribution in [2.75, 3.05) is 13.2 Å². The second kappa shape index (κ2) is 15.5. The number of nitrogens with one attached hydrogen (secondary N) is 1. The third-order valence-electron chi connectivity index (χ3n) is 7.54. The average molecular weight is 632 g/mol. The van der Waals surface area contributed by atoms with Crippen LogP contribution in [0.3, 0.4) is 0 Å². The van der Waals surface area contributed by atoms with Gasteiger partial charge in [-0.1, -0.05) is 60.7 Å². The van der Waals surface area contributed by atoms with E-state index in [1.165, 1.54) is 0 Å². The number of benzene rings is 3. The zero-order valence-electron chi connectivity index (χ0n) is 27.5. The Morgan fingerprint density at radius 2 is 1.34 bits per heavy atom. The number of hydrogen-bond acceptors (Lipinski definition) is 5. The fourth-order valence-electron chi connectivity index (χ4n) is 5.20. The van der Waals surface area contributed by atoms with Crippen molar-refractivity contribution in [3.05, 3.63) is 108 Å². The monoisotopic (exact) mass is 631 g/mol. The maximum atomic E-state index is 12.6. The fourth-order valence-corrected chi connectivity index (χ4v) is 14.0. The van der Waals surface area contributed by atoms with Gasteiger partial charge in [0.05, 0.1) is 18.8 Å². The largest absolute Gasteiger partial charge is 0.494 e. The number of hydrogen-bond donors (Lipinski definition) is 1. The van der Waals surface area contributed by atoms with Crippen molar-refractivity contribution in [2.24, 2.45) is 0 Å². The molecule has 3 aromatic rings. The predicted molar refractivity (Wildman–Crippen MR) is 185 cm³/mol. The predicted octanol–water partition coefficient (Wildman–Crippen LogP) is 9.20. The summed E-state index contributed by atoms with van der Waals surface area (Å²) in [7, 11) is -3.82. The van der Waals surface area contributed by atoms with Crippen molar-refractivity contribution in [3.8, 4) is 5.75 Å². The first kappa shape index (κ1) is 35.0. The molecule has 0 fully saturated rings. The van der Waals surface area contributed by atoms with Gasteiger partial charge in [0.15, 0.2) is 22.4 Å². The van der Waals surface area contributed by atoms with E-state index in [4.69, 9.17) is 13.6 Å². The molecule has 1 amide bonds. The van der Waals surface area contributed by atoms with Crippen LogP contribution in [0, 0.1) is 0 Å². The molecule has 0 saturated carbocycles. The Morgan fingerprint density at radius 3 is 1.95 bits per heavy atom. The van der Waals surface area contributed by atoms with Gasteiger partial charge in [-0.25, -0.2) is 4.79 Å². The zero-order chi connectivity index (χ0) is 32.4. The number of carbonyl (C=O) groups excluding carboxylic acids is 2. The lowest BCUT2D eigenvalue weighted by Gasteiger charge is -2.34. The van der Waals surface area contributed by atoms with Crippen molar-refractivity contribution in [1.29, 1.82) is 0 Å². The number of carbonyl (C=O) groups is 2. The van der Waals surface area contributed by atoms with Crippen LogP contribution in [-0.2, 0) is 14.4 Å². The molecule has 0 aromatic heterocycles. The maximum Gasteiger partial charge on any atom is 0.407 e. The molecule has 0 spiro atoms. The summed E-state index contributed by atoms with van der Waals surface area (Å²) < 4.78 is 18.3. The van der Waals surface area contributed by atoms with Crippen LogP contribution in [0.4, 0.5) is 4.79 Å². The van der Waals surface area contributed by atoms with Crippen LogP contribution in [0.2, 0.25) is 38.3 Å². The summed E-state index contributed by atoms with van der Waals surface area (Å²) in [4.78, 5) is 25.2. The fraction of sp³-hybridized carbons (Fsp3) is 0.389. The molecule has 0 aliphatic heterocycles. The molecule has 0 radical (unpaired) electrons. The van der Waals surface area contributed by atoms with Crippen LogP contribution < -0.4 is 10.1 Å². The minimum absolute atomic E-state index is 0.00767. The van der Waals surface area contributed by atoms with E-state index in [9.17, 15) is 9.59 Å². The van der Waals surface area contributed by atoms with Gasteiger partial charge < -0.3 is 18.9 Å². The SMILES string of the molecule is C=C(C)c1cccc(C(C)(C)NC(=O)OCCC[Si](C)(C)O[Si](C)(C)CCCOc2ccc(C(=O)c3ccccc3)cc2)c1. The van der Waals surface area contributed by atoms with E-state index in [2.05, 4.69) is 44.2 Å². The van der Waals surface area contributed by atoms with Gasteiger partial charge in [0.25, 0.3) is 0 Å². The first-order chi connectivity index (χ1) is 20.7. The second-order valence-electron chi connectivity index (χ2n) is 13.1. The number of ketones is 1. The second-order valence-corrected chi connectivity index (χ2v) is 22.0. The molecule has 0 unspecified atom stereocenters. The minimum atomic E-state index is -1.93. The van der Waals surface area contributed by atoms with Crippen molar-refractivity contribution in [1.82, 2.24) is 5.32 Å².